The molecule has 7 heteroatoms. The average Bonchev–Trinajstić information content (AvgIpc) is 2.41. The molecule has 5 nitrogen and oxygen atoms in total. The lowest BCUT2D eigenvalue weighted by Gasteiger charge is -2.32. The Balaban J connectivity index is 2.12. The summed E-state index contributed by atoms with van der Waals surface area (Å²) in [6.07, 6.45) is 0. The molecule has 2 N–H and O–H groups in total. The minimum atomic E-state index is -0.963. The van der Waals surface area contributed by atoms with Crippen molar-refractivity contribution in [3.05, 3.63) is 28.2 Å². The predicted octanol–water partition coefficient (Wildman–Crippen LogP) is 2.79. The van der Waals surface area contributed by atoms with Gasteiger partial charge in [0.1, 0.15) is 6.04 Å². The van der Waals surface area contributed by atoms with Gasteiger partial charge in [0.25, 0.3) is 0 Å². The van der Waals surface area contributed by atoms with Crippen molar-refractivity contribution in [1.29, 1.82) is 0 Å². The van der Waals surface area contributed by atoms with E-state index in [-0.39, 0.29) is 6.03 Å². The van der Waals surface area contributed by atoms with Crippen LogP contribution in [0.1, 0.15) is 5.56 Å². The summed E-state index contributed by atoms with van der Waals surface area (Å²) < 4.78 is 0.782. The van der Waals surface area contributed by atoms with Crippen molar-refractivity contribution in [2.45, 2.75) is 13.0 Å². The molecule has 1 aromatic rings. The number of nitrogens with zero attached hydrogens (tertiary/aromatic N) is 1. The van der Waals surface area contributed by atoms with Gasteiger partial charge >= 0.3 is 12.0 Å². The van der Waals surface area contributed by atoms with Crippen molar-refractivity contribution < 1.29 is 14.7 Å². The Labute approximate surface area is 129 Å². The summed E-state index contributed by atoms with van der Waals surface area (Å²) in [6, 6.07) is 4.45. The van der Waals surface area contributed by atoms with Crippen LogP contribution in [0.5, 0.6) is 0 Å². The number of nitrogens with one attached hydrogen (secondary N) is 1. The SMILES string of the molecule is Cc1ccc(NC(=O)N2CCSCC2C(=O)O)c(Br)c1. The number of urea groups is 1. The lowest BCUT2D eigenvalue weighted by Crippen LogP contribution is -2.51. The van der Waals surface area contributed by atoms with E-state index in [1.807, 2.05) is 19.1 Å². The highest BCUT2D eigenvalue weighted by atomic mass is 79.9. The molecule has 0 bridgehead atoms. The van der Waals surface area contributed by atoms with Crippen LogP contribution in [0.4, 0.5) is 10.5 Å². The van der Waals surface area contributed by atoms with E-state index >= 15 is 0 Å². The maximum Gasteiger partial charge on any atom is 0.327 e. The number of halogens is 1. The van der Waals surface area contributed by atoms with Crippen LogP contribution in [0, 0.1) is 6.92 Å². The van der Waals surface area contributed by atoms with Crippen molar-refractivity contribution >= 4 is 45.4 Å². The van der Waals surface area contributed by atoms with Crippen LogP contribution in [0.3, 0.4) is 0 Å². The van der Waals surface area contributed by atoms with Gasteiger partial charge in [-0.1, -0.05) is 6.07 Å². The third-order valence-electron chi connectivity index (χ3n) is 3.04. The van der Waals surface area contributed by atoms with Gasteiger partial charge in [-0.2, -0.15) is 11.8 Å². The van der Waals surface area contributed by atoms with Gasteiger partial charge in [-0.05, 0) is 40.5 Å². The lowest BCUT2D eigenvalue weighted by molar-refractivity contribution is -0.141. The van der Waals surface area contributed by atoms with E-state index in [2.05, 4.69) is 21.2 Å². The molecular formula is C13H15BrN2O3S. The second-order valence-electron chi connectivity index (χ2n) is 4.54. The van der Waals surface area contributed by atoms with E-state index in [9.17, 15) is 14.7 Å². The van der Waals surface area contributed by atoms with Gasteiger partial charge in [0.2, 0.25) is 0 Å². The zero-order chi connectivity index (χ0) is 14.7. The number of hydrogen-bond acceptors (Lipinski definition) is 3. The highest BCUT2D eigenvalue weighted by Crippen LogP contribution is 2.25. The topological polar surface area (TPSA) is 69.6 Å². The second-order valence-corrected chi connectivity index (χ2v) is 6.54. The summed E-state index contributed by atoms with van der Waals surface area (Å²) in [4.78, 5) is 24.8. The first-order chi connectivity index (χ1) is 9.49. The van der Waals surface area contributed by atoms with Crippen molar-refractivity contribution in [3.8, 4) is 0 Å². The Hall–Kier alpha value is -1.21. The Morgan fingerprint density at radius 2 is 2.25 bits per heavy atom. The van der Waals surface area contributed by atoms with E-state index in [1.54, 1.807) is 17.8 Å². The molecule has 0 aromatic heterocycles. The van der Waals surface area contributed by atoms with Gasteiger partial charge < -0.3 is 15.3 Å². The summed E-state index contributed by atoms with van der Waals surface area (Å²) in [6.45, 7) is 2.40. The first-order valence-electron chi connectivity index (χ1n) is 6.13. The third-order valence-corrected chi connectivity index (χ3v) is 4.72. The van der Waals surface area contributed by atoms with Crippen LogP contribution in [-0.4, -0.2) is 46.1 Å². The zero-order valence-corrected chi connectivity index (χ0v) is 13.3. The van der Waals surface area contributed by atoms with Crippen molar-refractivity contribution in [1.82, 2.24) is 4.90 Å². The first kappa shape index (κ1) is 15.2. The summed E-state index contributed by atoms with van der Waals surface area (Å²) in [5.41, 5.74) is 1.72. The van der Waals surface area contributed by atoms with Crippen LogP contribution >= 0.6 is 27.7 Å². The Bertz CT molecular complexity index is 538. The molecule has 1 aliphatic heterocycles. The summed E-state index contributed by atoms with van der Waals surface area (Å²) in [5, 5.41) is 11.9. The molecule has 1 atom stereocenters. The molecule has 0 spiro atoms. The standard InChI is InChI=1S/C13H15BrN2O3S/c1-8-2-3-10(9(14)6-8)15-13(19)16-4-5-20-7-11(16)12(17)18/h2-3,6,11H,4-5,7H2,1H3,(H,15,19)(H,17,18). The second kappa shape index (κ2) is 6.49. The smallest absolute Gasteiger partial charge is 0.327 e. The van der Waals surface area contributed by atoms with Crippen LogP contribution < -0.4 is 5.32 Å². The zero-order valence-electron chi connectivity index (χ0n) is 10.9. The molecule has 1 saturated heterocycles. The molecule has 1 fully saturated rings. The largest absolute Gasteiger partial charge is 0.480 e. The van der Waals surface area contributed by atoms with Gasteiger partial charge in [0.15, 0.2) is 0 Å². The molecule has 1 heterocycles. The van der Waals surface area contributed by atoms with Gasteiger partial charge in [-0.15, -0.1) is 0 Å². The fraction of sp³-hybridized carbons (Fsp3) is 0.385. The number of rotatable bonds is 2. The number of carboxylic acid groups (broad SMARTS) is 1. The first-order valence-corrected chi connectivity index (χ1v) is 8.08. The number of aryl methyl sites for hydroxylation is 1. The van der Waals surface area contributed by atoms with E-state index in [0.717, 1.165) is 15.8 Å². The fourth-order valence-corrected chi connectivity index (χ4v) is 3.59. The number of carbonyl (C=O) groups excluding carboxylic acids is 1. The Morgan fingerprint density at radius 3 is 2.90 bits per heavy atom. The molecule has 0 radical (unpaired) electrons. The molecule has 20 heavy (non-hydrogen) atoms. The molecule has 0 saturated carbocycles. The normalized spacial score (nSPS) is 18.7. The number of aliphatic carboxylic acids is 1. The Morgan fingerprint density at radius 1 is 1.50 bits per heavy atom. The number of hydrogen-bond donors (Lipinski definition) is 2. The lowest BCUT2D eigenvalue weighted by atomic mass is 10.2. The quantitative estimate of drug-likeness (QED) is 0.852. The number of carbonyl (C=O) groups is 2. The minimum absolute atomic E-state index is 0.373. The average molecular weight is 359 g/mol. The van der Waals surface area contributed by atoms with Crippen LogP contribution in [0.2, 0.25) is 0 Å². The molecule has 1 aromatic carbocycles. The number of carboxylic acids is 1. The fourth-order valence-electron chi connectivity index (χ4n) is 1.96. The molecule has 0 aliphatic carbocycles. The van der Waals surface area contributed by atoms with E-state index < -0.39 is 12.0 Å². The third kappa shape index (κ3) is 3.46. The monoisotopic (exact) mass is 358 g/mol. The van der Waals surface area contributed by atoms with Crippen molar-refractivity contribution in [2.75, 3.05) is 23.4 Å². The van der Waals surface area contributed by atoms with Gasteiger partial charge in [0.05, 0.1) is 5.69 Å². The molecule has 1 unspecified atom stereocenters. The molecule has 1 aliphatic rings. The van der Waals surface area contributed by atoms with E-state index in [0.29, 0.717) is 18.0 Å². The summed E-state index contributed by atoms with van der Waals surface area (Å²) >= 11 is 4.94. The minimum Gasteiger partial charge on any atom is -0.480 e. The van der Waals surface area contributed by atoms with Gasteiger partial charge in [-0.3, -0.25) is 0 Å². The summed E-state index contributed by atoms with van der Waals surface area (Å²) in [5.74, 6) is 0.222. The maximum absolute atomic E-state index is 12.2. The van der Waals surface area contributed by atoms with E-state index in [4.69, 9.17) is 0 Å². The summed E-state index contributed by atoms with van der Waals surface area (Å²) in [7, 11) is 0. The number of benzene rings is 1. The predicted molar refractivity (Wildman–Crippen MR) is 83.4 cm³/mol. The maximum atomic E-state index is 12.2. The van der Waals surface area contributed by atoms with E-state index in [1.165, 1.54) is 4.90 Å². The van der Waals surface area contributed by atoms with Crippen LogP contribution in [0.15, 0.2) is 22.7 Å². The molecule has 2 amide bonds. The highest BCUT2D eigenvalue weighted by molar-refractivity contribution is 9.10. The van der Waals surface area contributed by atoms with Crippen molar-refractivity contribution in [3.63, 3.8) is 0 Å². The van der Waals surface area contributed by atoms with Crippen LogP contribution in [0.25, 0.3) is 0 Å². The van der Waals surface area contributed by atoms with Crippen molar-refractivity contribution in [2.24, 2.45) is 0 Å². The number of anilines is 1. The molecule has 108 valence electrons. The van der Waals surface area contributed by atoms with Gasteiger partial charge in [0, 0.05) is 22.5 Å². The Kier molecular flexibility index (Phi) is 4.93. The number of amides is 2. The molecular weight excluding hydrogens is 344 g/mol. The highest BCUT2D eigenvalue weighted by Gasteiger charge is 2.32. The van der Waals surface area contributed by atoms with Crippen LogP contribution in [-0.2, 0) is 4.79 Å². The van der Waals surface area contributed by atoms with Gasteiger partial charge in [-0.25, -0.2) is 9.59 Å². The molecule has 2 rings (SSSR count). The number of thioether (sulfide) groups is 1.